The summed E-state index contributed by atoms with van der Waals surface area (Å²) in [6, 6.07) is 18.9. The summed E-state index contributed by atoms with van der Waals surface area (Å²) in [5.74, 6) is -0.596. The van der Waals surface area contributed by atoms with E-state index in [2.05, 4.69) is 4.72 Å². The minimum atomic E-state index is -3.71. The van der Waals surface area contributed by atoms with Gasteiger partial charge in [0.2, 0.25) is 15.9 Å². The molecular weight excluding hydrogens is 336 g/mol. The number of rotatable bonds is 5. The van der Waals surface area contributed by atoms with Gasteiger partial charge in [0.05, 0.1) is 4.90 Å². The minimum absolute atomic E-state index is 0.0881. The van der Waals surface area contributed by atoms with E-state index in [1.54, 1.807) is 6.92 Å². The molecule has 3 rings (SSSR count). The molecule has 1 unspecified atom stereocenters. The Morgan fingerprint density at radius 2 is 1.60 bits per heavy atom. The number of hydrogen-bond donors (Lipinski definition) is 2. The van der Waals surface area contributed by atoms with E-state index in [-0.39, 0.29) is 10.5 Å². The Labute approximate surface area is 146 Å². The van der Waals surface area contributed by atoms with Crippen molar-refractivity contribution in [3.8, 4) is 0 Å². The lowest BCUT2D eigenvalue weighted by Crippen LogP contribution is -2.27. The number of amides is 1. The van der Waals surface area contributed by atoms with Crippen molar-refractivity contribution >= 4 is 26.7 Å². The number of nitrogens with two attached hydrogens (primary N) is 1. The summed E-state index contributed by atoms with van der Waals surface area (Å²) >= 11 is 0. The SMILES string of the molecule is CC(NS(=O)(=O)c1ccc(C(N)=O)cc1)c1ccc2ccccc2c1. The van der Waals surface area contributed by atoms with E-state index < -0.39 is 22.0 Å². The van der Waals surface area contributed by atoms with E-state index >= 15 is 0 Å². The van der Waals surface area contributed by atoms with Gasteiger partial charge in [-0.05, 0) is 53.6 Å². The molecule has 1 atom stereocenters. The number of nitrogens with one attached hydrogen (secondary N) is 1. The summed E-state index contributed by atoms with van der Waals surface area (Å²) in [4.78, 5) is 11.2. The highest BCUT2D eigenvalue weighted by molar-refractivity contribution is 7.89. The van der Waals surface area contributed by atoms with Gasteiger partial charge in [-0.3, -0.25) is 4.79 Å². The summed E-state index contributed by atoms with van der Waals surface area (Å²) in [7, 11) is -3.71. The van der Waals surface area contributed by atoms with Crippen LogP contribution < -0.4 is 10.5 Å². The molecule has 0 saturated carbocycles. The summed E-state index contributed by atoms with van der Waals surface area (Å²) in [6.07, 6.45) is 0. The second-order valence-corrected chi connectivity index (χ2v) is 7.55. The van der Waals surface area contributed by atoms with Crippen LogP contribution in [-0.4, -0.2) is 14.3 Å². The van der Waals surface area contributed by atoms with Gasteiger partial charge in [0.25, 0.3) is 0 Å². The van der Waals surface area contributed by atoms with E-state index in [9.17, 15) is 13.2 Å². The highest BCUT2D eigenvalue weighted by atomic mass is 32.2. The van der Waals surface area contributed by atoms with Crippen LogP contribution >= 0.6 is 0 Å². The molecule has 6 heteroatoms. The second kappa shape index (κ2) is 6.66. The summed E-state index contributed by atoms with van der Waals surface area (Å²) in [5, 5.41) is 2.15. The molecule has 25 heavy (non-hydrogen) atoms. The van der Waals surface area contributed by atoms with E-state index in [1.807, 2.05) is 42.5 Å². The quantitative estimate of drug-likeness (QED) is 0.738. The Morgan fingerprint density at radius 3 is 2.24 bits per heavy atom. The van der Waals surface area contributed by atoms with Crippen LogP contribution in [0.4, 0.5) is 0 Å². The maximum Gasteiger partial charge on any atom is 0.248 e. The molecule has 0 aliphatic carbocycles. The van der Waals surface area contributed by atoms with Gasteiger partial charge in [-0.1, -0.05) is 36.4 Å². The van der Waals surface area contributed by atoms with Crippen molar-refractivity contribution in [2.24, 2.45) is 5.73 Å². The van der Waals surface area contributed by atoms with E-state index in [0.29, 0.717) is 0 Å². The number of carbonyl (C=O) groups excluding carboxylic acids is 1. The van der Waals surface area contributed by atoms with E-state index in [0.717, 1.165) is 16.3 Å². The number of sulfonamides is 1. The van der Waals surface area contributed by atoms with Crippen LogP contribution in [0.25, 0.3) is 10.8 Å². The fourth-order valence-electron chi connectivity index (χ4n) is 2.64. The molecule has 3 aromatic carbocycles. The first kappa shape index (κ1) is 17.1. The van der Waals surface area contributed by atoms with Gasteiger partial charge in [-0.25, -0.2) is 13.1 Å². The molecule has 3 aromatic rings. The Morgan fingerprint density at radius 1 is 0.960 bits per heavy atom. The van der Waals surface area contributed by atoms with Crippen LogP contribution in [0.3, 0.4) is 0 Å². The van der Waals surface area contributed by atoms with Crippen molar-refractivity contribution in [3.05, 3.63) is 77.9 Å². The van der Waals surface area contributed by atoms with Gasteiger partial charge in [-0.2, -0.15) is 0 Å². The summed E-state index contributed by atoms with van der Waals surface area (Å²) < 4.78 is 27.7. The molecule has 3 N–H and O–H groups in total. The number of fused-ring (bicyclic) bond motifs is 1. The van der Waals surface area contributed by atoms with Crippen molar-refractivity contribution in [3.63, 3.8) is 0 Å². The Balaban J connectivity index is 1.84. The minimum Gasteiger partial charge on any atom is -0.366 e. The lowest BCUT2D eigenvalue weighted by molar-refractivity contribution is 0.1000. The summed E-state index contributed by atoms with van der Waals surface area (Å²) in [6.45, 7) is 1.79. The average Bonchev–Trinajstić information content (AvgIpc) is 2.61. The van der Waals surface area contributed by atoms with Crippen LogP contribution in [0.1, 0.15) is 28.9 Å². The van der Waals surface area contributed by atoms with Gasteiger partial charge in [0.15, 0.2) is 0 Å². The van der Waals surface area contributed by atoms with Crippen LogP contribution in [0.2, 0.25) is 0 Å². The van der Waals surface area contributed by atoms with Crippen molar-refractivity contribution in [1.82, 2.24) is 4.72 Å². The molecular formula is C19H18N2O3S. The highest BCUT2D eigenvalue weighted by Crippen LogP contribution is 2.22. The van der Waals surface area contributed by atoms with Crippen LogP contribution in [0.5, 0.6) is 0 Å². The van der Waals surface area contributed by atoms with Crippen molar-refractivity contribution in [2.45, 2.75) is 17.9 Å². The standard InChI is InChI=1S/C19H18N2O3S/c1-13(16-7-6-14-4-2-3-5-17(14)12-16)21-25(23,24)18-10-8-15(9-11-18)19(20)22/h2-13,21H,1H3,(H2,20,22). The number of primary amides is 1. The molecule has 1 amide bonds. The Hall–Kier alpha value is -2.70. The van der Waals surface area contributed by atoms with Gasteiger partial charge in [-0.15, -0.1) is 0 Å². The molecule has 5 nitrogen and oxygen atoms in total. The second-order valence-electron chi connectivity index (χ2n) is 5.84. The lowest BCUT2D eigenvalue weighted by atomic mass is 10.0. The third kappa shape index (κ3) is 3.70. The highest BCUT2D eigenvalue weighted by Gasteiger charge is 2.19. The molecule has 0 bridgehead atoms. The largest absolute Gasteiger partial charge is 0.366 e. The summed E-state index contributed by atoms with van der Waals surface area (Å²) in [5.41, 5.74) is 6.31. The normalized spacial score (nSPS) is 12.8. The number of carbonyl (C=O) groups is 1. The zero-order valence-electron chi connectivity index (χ0n) is 13.6. The predicted molar refractivity (Wildman–Crippen MR) is 97.6 cm³/mol. The van der Waals surface area contributed by atoms with Crippen molar-refractivity contribution in [2.75, 3.05) is 0 Å². The topological polar surface area (TPSA) is 89.3 Å². The molecule has 128 valence electrons. The van der Waals surface area contributed by atoms with Gasteiger partial charge < -0.3 is 5.73 Å². The first-order valence-electron chi connectivity index (χ1n) is 7.78. The monoisotopic (exact) mass is 354 g/mol. The zero-order valence-corrected chi connectivity index (χ0v) is 14.5. The molecule has 0 aromatic heterocycles. The van der Waals surface area contributed by atoms with E-state index in [4.69, 9.17) is 5.73 Å². The molecule has 0 saturated heterocycles. The van der Waals surface area contributed by atoms with Crippen molar-refractivity contribution in [1.29, 1.82) is 0 Å². The smallest absolute Gasteiger partial charge is 0.248 e. The third-order valence-corrected chi connectivity index (χ3v) is 5.61. The molecule has 0 fully saturated rings. The van der Waals surface area contributed by atoms with Gasteiger partial charge in [0.1, 0.15) is 0 Å². The lowest BCUT2D eigenvalue weighted by Gasteiger charge is -2.15. The third-order valence-electron chi connectivity index (χ3n) is 4.05. The number of benzene rings is 3. The molecule has 0 aliphatic heterocycles. The van der Waals surface area contributed by atoms with E-state index in [1.165, 1.54) is 24.3 Å². The molecule has 0 radical (unpaired) electrons. The van der Waals surface area contributed by atoms with Crippen molar-refractivity contribution < 1.29 is 13.2 Å². The van der Waals surface area contributed by atoms with Gasteiger partial charge in [0, 0.05) is 11.6 Å². The maximum absolute atomic E-state index is 12.5. The fourth-order valence-corrected chi connectivity index (χ4v) is 3.88. The Kier molecular flexibility index (Phi) is 4.57. The predicted octanol–water partition coefficient (Wildman–Crippen LogP) is 2.98. The van der Waals surface area contributed by atoms with Gasteiger partial charge >= 0.3 is 0 Å². The van der Waals surface area contributed by atoms with Crippen LogP contribution in [0, 0.1) is 0 Å². The maximum atomic E-state index is 12.5. The fraction of sp³-hybridized carbons (Fsp3) is 0.105. The number of hydrogen-bond acceptors (Lipinski definition) is 3. The molecule has 0 spiro atoms. The van der Waals surface area contributed by atoms with Crippen LogP contribution in [0.15, 0.2) is 71.6 Å². The first-order chi connectivity index (χ1) is 11.9. The molecule has 0 aliphatic rings. The zero-order chi connectivity index (χ0) is 18.0. The first-order valence-corrected chi connectivity index (χ1v) is 9.26. The average molecular weight is 354 g/mol. The Bertz CT molecular complexity index is 1030. The van der Waals surface area contributed by atoms with Crippen LogP contribution in [-0.2, 0) is 10.0 Å². The molecule has 0 heterocycles.